The van der Waals surface area contributed by atoms with E-state index >= 15 is 0 Å². The first-order valence-corrected chi connectivity index (χ1v) is 8.56. The molecule has 110 valence electrons. The van der Waals surface area contributed by atoms with E-state index in [1.807, 2.05) is 0 Å². The Kier molecular flexibility index (Phi) is 2.78. The maximum absolute atomic E-state index is 2.75. The summed E-state index contributed by atoms with van der Waals surface area (Å²) in [6, 6.07) is 17.1. The Bertz CT molecular complexity index is 758. The Balaban J connectivity index is 1.72. The fourth-order valence-electron chi connectivity index (χ4n) is 4.73. The lowest BCUT2D eigenvalue weighted by atomic mass is 9.83. The quantitative estimate of drug-likeness (QED) is 0.630. The molecule has 0 fully saturated rings. The Morgan fingerprint density at radius 1 is 0.773 bits per heavy atom. The third-order valence-electron chi connectivity index (χ3n) is 5.58. The Morgan fingerprint density at radius 3 is 2.45 bits per heavy atom. The number of hydrogen-bond acceptors (Lipinski definition) is 1. The number of aryl methyl sites for hydroxylation is 1. The van der Waals surface area contributed by atoms with Gasteiger partial charge >= 0.3 is 0 Å². The average molecular weight is 287 g/mol. The second kappa shape index (κ2) is 4.82. The molecule has 3 unspecified atom stereocenters. The zero-order valence-electron chi connectivity index (χ0n) is 12.8. The third-order valence-corrected chi connectivity index (χ3v) is 5.58. The minimum Gasteiger partial charge on any atom is -0.281 e. The molecule has 0 spiro atoms. The highest BCUT2D eigenvalue weighted by Crippen LogP contribution is 2.57. The van der Waals surface area contributed by atoms with Gasteiger partial charge in [0.25, 0.3) is 0 Å². The highest BCUT2D eigenvalue weighted by molar-refractivity contribution is 5.59. The SMILES string of the molecule is C1=C\CCc2cccc3c2C2c4ccccc4C3N2CCC/1. The lowest BCUT2D eigenvalue weighted by Gasteiger charge is -2.22. The topological polar surface area (TPSA) is 3.24 Å². The van der Waals surface area contributed by atoms with Gasteiger partial charge in [-0.15, -0.1) is 0 Å². The van der Waals surface area contributed by atoms with Crippen LogP contribution in [0.5, 0.6) is 0 Å². The van der Waals surface area contributed by atoms with Crippen LogP contribution in [0.25, 0.3) is 0 Å². The summed E-state index contributed by atoms with van der Waals surface area (Å²) in [6.07, 6.45) is 9.59. The Labute approximate surface area is 132 Å². The molecular weight excluding hydrogens is 266 g/mol. The molecule has 3 atom stereocenters. The summed E-state index contributed by atoms with van der Waals surface area (Å²) in [5.74, 6) is 0. The predicted molar refractivity (Wildman–Crippen MR) is 90.0 cm³/mol. The number of hydrogen-bond donors (Lipinski definition) is 0. The van der Waals surface area contributed by atoms with E-state index in [1.54, 1.807) is 27.8 Å². The molecule has 0 N–H and O–H groups in total. The summed E-state index contributed by atoms with van der Waals surface area (Å²) in [5.41, 5.74) is 7.87. The van der Waals surface area contributed by atoms with E-state index in [0.29, 0.717) is 12.1 Å². The van der Waals surface area contributed by atoms with Gasteiger partial charge in [0.2, 0.25) is 0 Å². The van der Waals surface area contributed by atoms with Gasteiger partial charge in [0.1, 0.15) is 0 Å². The second-order valence-corrected chi connectivity index (χ2v) is 6.74. The third kappa shape index (κ3) is 1.63. The smallest absolute Gasteiger partial charge is 0.0619 e. The molecule has 0 saturated carbocycles. The summed E-state index contributed by atoms with van der Waals surface area (Å²) in [7, 11) is 0. The van der Waals surface area contributed by atoms with Crippen molar-refractivity contribution in [3.63, 3.8) is 0 Å². The van der Waals surface area contributed by atoms with Gasteiger partial charge in [-0.25, -0.2) is 0 Å². The molecule has 2 aromatic carbocycles. The summed E-state index contributed by atoms with van der Waals surface area (Å²) < 4.78 is 0. The number of fused-ring (bicyclic) bond motifs is 3. The van der Waals surface area contributed by atoms with Gasteiger partial charge in [0.15, 0.2) is 0 Å². The van der Waals surface area contributed by atoms with Gasteiger partial charge in [-0.3, -0.25) is 4.90 Å². The van der Waals surface area contributed by atoms with Crippen LogP contribution in [0.2, 0.25) is 0 Å². The van der Waals surface area contributed by atoms with Crippen LogP contribution in [-0.2, 0) is 6.42 Å². The first kappa shape index (κ1) is 12.7. The van der Waals surface area contributed by atoms with E-state index < -0.39 is 0 Å². The Morgan fingerprint density at radius 2 is 1.55 bits per heavy atom. The van der Waals surface area contributed by atoms with Crippen molar-refractivity contribution in [3.8, 4) is 0 Å². The van der Waals surface area contributed by atoms with Crippen molar-refractivity contribution in [3.05, 3.63) is 82.4 Å². The molecule has 4 bridgehead atoms. The molecule has 1 nitrogen and oxygen atoms in total. The number of rotatable bonds is 0. The van der Waals surface area contributed by atoms with Crippen LogP contribution in [0.4, 0.5) is 0 Å². The second-order valence-electron chi connectivity index (χ2n) is 6.74. The van der Waals surface area contributed by atoms with Crippen molar-refractivity contribution >= 4 is 0 Å². The lowest BCUT2D eigenvalue weighted by molar-refractivity contribution is 0.235. The monoisotopic (exact) mass is 287 g/mol. The molecule has 2 aromatic rings. The van der Waals surface area contributed by atoms with Crippen molar-refractivity contribution in [2.75, 3.05) is 6.54 Å². The molecule has 3 aliphatic heterocycles. The number of allylic oxidation sites excluding steroid dienone is 2. The number of nitrogens with zero attached hydrogens (tertiary/aromatic N) is 1. The van der Waals surface area contributed by atoms with Crippen molar-refractivity contribution in [1.29, 1.82) is 0 Å². The van der Waals surface area contributed by atoms with Gasteiger partial charge in [-0.2, -0.15) is 0 Å². The highest BCUT2D eigenvalue weighted by Gasteiger charge is 2.47. The molecule has 0 saturated heterocycles. The standard InChI is InChI=1S/C21H21N/c1-2-4-9-15-10-8-13-18-19(15)21-17-12-6-5-11-16(17)20(18)22(21)14-7-3-1/h1-2,5-6,8,10-13,20-21H,3-4,7,9,14H2/b2-1-. The van der Waals surface area contributed by atoms with Crippen LogP contribution in [0.15, 0.2) is 54.6 Å². The predicted octanol–water partition coefficient (Wildman–Crippen LogP) is 4.78. The van der Waals surface area contributed by atoms with E-state index in [-0.39, 0.29) is 0 Å². The van der Waals surface area contributed by atoms with Crippen LogP contribution < -0.4 is 0 Å². The van der Waals surface area contributed by atoms with Crippen LogP contribution in [-0.4, -0.2) is 11.4 Å². The van der Waals surface area contributed by atoms with Crippen molar-refractivity contribution in [2.45, 2.75) is 37.8 Å². The molecule has 22 heavy (non-hydrogen) atoms. The van der Waals surface area contributed by atoms with Gasteiger partial charge in [-0.05, 0) is 53.5 Å². The van der Waals surface area contributed by atoms with Crippen molar-refractivity contribution in [2.24, 2.45) is 0 Å². The highest BCUT2D eigenvalue weighted by atomic mass is 15.2. The average Bonchev–Trinajstić information content (AvgIpc) is 3.03. The largest absolute Gasteiger partial charge is 0.281 e. The minimum absolute atomic E-state index is 0.500. The lowest BCUT2D eigenvalue weighted by Crippen LogP contribution is -2.22. The van der Waals surface area contributed by atoms with Crippen LogP contribution in [0, 0.1) is 0 Å². The fourth-order valence-corrected chi connectivity index (χ4v) is 4.73. The molecule has 5 rings (SSSR count). The van der Waals surface area contributed by atoms with E-state index in [1.165, 1.54) is 32.2 Å². The summed E-state index contributed by atoms with van der Waals surface area (Å²) in [6.45, 7) is 1.20. The van der Waals surface area contributed by atoms with Gasteiger partial charge in [0.05, 0.1) is 12.1 Å². The maximum Gasteiger partial charge on any atom is 0.0619 e. The van der Waals surface area contributed by atoms with Crippen LogP contribution in [0.1, 0.15) is 59.2 Å². The van der Waals surface area contributed by atoms with Crippen LogP contribution in [0.3, 0.4) is 0 Å². The molecule has 0 aromatic heterocycles. The van der Waals surface area contributed by atoms with Crippen molar-refractivity contribution < 1.29 is 0 Å². The number of benzene rings is 2. The molecule has 3 heterocycles. The van der Waals surface area contributed by atoms with E-state index in [2.05, 4.69) is 59.5 Å². The van der Waals surface area contributed by atoms with Gasteiger partial charge < -0.3 is 0 Å². The zero-order valence-corrected chi connectivity index (χ0v) is 12.8. The minimum atomic E-state index is 0.500. The Hall–Kier alpha value is -1.86. The van der Waals surface area contributed by atoms with E-state index in [9.17, 15) is 0 Å². The molecule has 0 radical (unpaired) electrons. The molecule has 0 aliphatic carbocycles. The maximum atomic E-state index is 2.75. The summed E-state index contributed by atoms with van der Waals surface area (Å²) >= 11 is 0. The van der Waals surface area contributed by atoms with Crippen LogP contribution >= 0.6 is 0 Å². The molecule has 3 aliphatic rings. The molecular formula is C21H21N. The fraction of sp³-hybridized carbons (Fsp3) is 0.333. The summed E-state index contributed by atoms with van der Waals surface area (Å²) in [5, 5.41) is 0. The molecule has 1 heteroatoms. The van der Waals surface area contributed by atoms with E-state index in [0.717, 1.165) is 0 Å². The summed E-state index contributed by atoms with van der Waals surface area (Å²) in [4.78, 5) is 2.75. The first-order chi connectivity index (χ1) is 10.9. The first-order valence-electron chi connectivity index (χ1n) is 8.56. The molecule has 0 amide bonds. The van der Waals surface area contributed by atoms with E-state index in [4.69, 9.17) is 0 Å². The zero-order chi connectivity index (χ0) is 14.5. The normalized spacial score (nSPS) is 29.7. The van der Waals surface area contributed by atoms with Gasteiger partial charge in [0, 0.05) is 6.54 Å². The van der Waals surface area contributed by atoms with Gasteiger partial charge in [-0.1, -0.05) is 54.6 Å². The van der Waals surface area contributed by atoms with Crippen molar-refractivity contribution in [1.82, 2.24) is 4.90 Å².